The second-order valence-electron chi connectivity index (χ2n) is 15.7. The number of hydrogen-bond acceptors (Lipinski definition) is 14. The predicted octanol–water partition coefficient (Wildman–Crippen LogP) is 13.3. The van der Waals surface area contributed by atoms with Gasteiger partial charge in [0.2, 0.25) is 0 Å². The first-order valence-electron chi connectivity index (χ1n) is 21.3. The molecule has 0 unspecified atom stereocenters. The van der Waals surface area contributed by atoms with Crippen molar-refractivity contribution in [3.05, 3.63) is 200 Å². The minimum Gasteiger partial charge on any atom is -0.432 e. The second-order valence-corrected chi connectivity index (χ2v) is 18.4. The lowest BCUT2D eigenvalue weighted by atomic mass is 10.1. The van der Waals surface area contributed by atoms with E-state index in [2.05, 4.69) is 96.7 Å². The number of urea groups is 1. The molecule has 5 aromatic carbocycles. The topological polar surface area (TPSA) is 267 Å². The monoisotopic (exact) mass is 1170 g/mol. The number of rotatable bonds is 6. The summed E-state index contributed by atoms with van der Waals surface area (Å²) in [6, 6.07) is 32.3. The summed E-state index contributed by atoms with van der Waals surface area (Å²) in [5.41, 5.74) is 20.3. The Hall–Kier alpha value is -7.48. The molecule has 0 fully saturated rings. The molecule has 10 aromatic rings. The van der Waals surface area contributed by atoms with Gasteiger partial charge in [0.05, 0.1) is 31.5 Å². The number of primary amides is 2. The van der Waals surface area contributed by atoms with Crippen molar-refractivity contribution in [2.24, 2.45) is 11.5 Å². The zero-order valence-electron chi connectivity index (χ0n) is 38.9. The van der Waals surface area contributed by atoms with Gasteiger partial charge < -0.3 is 44.6 Å². The fourth-order valence-electron chi connectivity index (χ4n) is 6.91. The number of para-hydroxylation sites is 3. The van der Waals surface area contributed by atoms with Crippen LogP contribution in [0.2, 0.25) is 15.1 Å². The molecule has 0 aliphatic carbocycles. The van der Waals surface area contributed by atoms with E-state index >= 15 is 0 Å². The van der Waals surface area contributed by atoms with Crippen LogP contribution in [0.25, 0.3) is 55.4 Å². The summed E-state index contributed by atoms with van der Waals surface area (Å²) in [5.74, 6) is -0.310. The van der Waals surface area contributed by atoms with Crippen molar-refractivity contribution in [1.82, 2.24) is 9.97 Å². The number of ketones is 1. The smallest absolute Gasteiger partial charge is 0.347 e. The van der Waals surface area contributed by atoms with E-state index in [1.165, 1.54) is 34.2 Å². The zero-order valence-corrected chi connectivity index (χ0v) is 44.3. The van der Waals surface area contributed by atoms with Gasteiger partial charge in [-0.15, -0.1) is 0 Å². The number of carbonyl (C=O) groups is 2. The van der Waals surface area contributed by atoms with Crippen molar-refractivity contribution < 1.29 is 31.7 Å². The lowest BCUT2D eigenvalue weighted by Gasteiger charge is -2.04. The van der Waals surface area contributed by atoms with Crippen LogP contribution >= 0.6 is 66.7 Å². The van der Waals surface area contributed by atoms with Crippen LogP contribution < -0.4 is 39.4 Å². The summed E-state index contributed by atoms with van der Waals surface area (Å²) >= 11 is 24.3. The number of fused-ring (bicyclic) bond motifs is 3. The second kappa shape index (κ2) is 24.8. The number of oxazole rings is 2. The number of nitrogen functional groups attached to an aromatic ring is 1. The van der Waals surface area contributed by atoms with Gasteiger partial charge in [0.1, 0.15) is 29.5 Å². The Labute approximate surface area is 446 Å². The molecule has 0 radical (unpaired) electrons. The molecule has 7 N–H and O–H groups in total. The number of aromatic nitrogens is 2. The molecule has 0 saturated carbocycles. The van der Waals surface area contributed by atoms with Crippen LogP contribution in [-0.4, -0.2) is 27.1 Å². The number of benzene rings is 5. The van der Waals surface area contributed by atoms with Crippen molar-refractivity contribution in [3.63, 3.8) is 0 Å². The highest BCUT2D eigenvalue weighted by atomic mass is 79.9. The van der Waals surface area contributed by atoms with Crippen LogP contribution in [0.15, 0.2) is 163 Å². The minimum atomic E-state index is -0.833. The summed E-state index contributed by atoms with van der Waals surface area (Å²) < 4.78 is 27.0. The minimum absolute atomic E-state index is 0.00408. The molecule has 73 heavy (non-hydrogen) atoms. The number of hydrogen-bond donors (Lipinski definition) is 4. The van der Waals surface area contributed by atoms with Crippen molar-refractivity contribution in [2.45, 2.75) is 27.7 Å². The van der Waals surface area contributed by atoms with E-state index in [9.17, 15) is 19.2 Å². The molecule has 0 spiro atoms. The maximum absolute atomic E-state index is 12.3. The first-order chi connectivity index (χ1) is 34.7. The highest BCUT2D eigenvalue weighted by Gasteiger charge is 2.16. The van der Waals surface area contributed by atoms with Gasteiger partial charge in [0.15, 0.2) is 22.5 Å². The molecule has 2 amide bonds. The molecule has 16 nitrogen and oxygen atoms in total. The molecule has 374 valence electrons. The first-order valence-corrected chi connectivity index (χ1v) is 24.3. The summed E-state index contributed by atoms with van der Waals surface area (Å²) in [6.07, 6.45) is 2.73. The van der Waals surface area contributed by atoms with Gasteiger partial charge in [-0.1, -0.05) is 115 Å². The van der Waals surface area contributed by atoms with E-state index in [4.69, 9.17) is 67.4 Å². The Morgan fingerprint density at radius 2 is 1.00 bits per heavy atom. The number of halogens is 5. The number of carbonyl (C=O) groups excluding carboxylic acids is 2. The lowest BCUT2D eigenvalue weighted by Crippen LogP contribution is -2.18. The van der Waals surface area contributed by atoms with Gasteiger partial charge in [-0.3, -0.25) is 4.79 Å². The molecule has 5 heterocycles. The number of amides is 2. The maximum atomic E-state index is 12.3. The molecular formula is C52H41Br2Cl3N6O10. The molecule has 0 aliphatic heterocycles. The highest BCUT2D eigenvalue weighted by molar-refractivity contribution is 9.10. The highest BCUT2D eigenvalue weighted by Crippen LogP contribution is 2.29. The molecule has 10 rings (SSSR count). The van der Waals surface area contributed by atoms with Crippen LogP contribution in [0, 0.1) is 27.7 Å². The molecule has 0 aliphatic rings. The van der Waals surface area contributed by atoms with E-state index < -0.39 is 22.9 Å². The van der Waals surface area contributed by atoms with Crippen molar-refractivity contribution in [1.29, 1.82) is 0 Å². The summed E-state index contributed by atoms with van der Waals surface area (Å²) in [7, 11) is 0. The van der Waals surface area contributed by atoms with E-state index in [-0.39, 0.29) is 28.3 Å². The number of anilines is 3. The molecule has 0 atom stereocenters. The van der Waals surface area contributed by atoms with Crippen LogP contribution in [0.4, 0.5) is 22.5 Å². The molecule has 5 aromatic heterocycles. The fourth-order valence-corrected chi connectivity index (χ4v) is 8.59. The third-order valence-electron chi connectivity index (χ3n) is 9.80. The lowest BCUT2D eigenvalue weighted by molar-refractivity contribution is 0.102. The standard InChI is InChI=1S/C20H15ClN2O3.C12H7ClN2O3.C11H6BrClO3.C8H9Br.CH4N2O/c1-11-6-12(2)8-14(7-11)22-20-23-17(10-25-20)15-9-13-4-3-5-16(21)18(13)26-19(15)24;13-8-3-1-2-6-4-7(11(16)18-10(6)8)9-5-17-12(14)15-9;12-5-9(14)7-4-6-2-1-3-8(13)10(6)16-11(7)15;1-6-3-7(2)5-8(9)4-6;2-1(3)4/h3-10H,1-2H3,(H,22,23);1-5H,(H2,14,15);1-4H,5H2;3-5H,1-2H3;(H4,2,3,4). The van der Waals surface area contributed by atoms with Crippen molar-refractivity contribution in [2.75, 3.05) is 16.4 Å². The average Bonchev–Trinajstić information content (AvgIpc) is 3.97. The number of nitrogens with two attached hydrogens (primary N) is 3. The van der Waals surface area contributed by atoms with Gasteiger partial charge in [-0.25, -0.2) is 19.2 Å². The SMILES string of the molecule is Cc1cc(C)cc(Br)c1.Cc1cc(C)cc(Nc2nc(-c3cc4cccc(Cl)c4oc3=O)co2)c1.NC(N)=O.Nc1nc(-c2cc3cccc(Cl)c3oc2=O)co1.O=C(CBr)c1cc2cccc(Cl)c2oc1=O. The van der Waals surface area contributed by atoms with E-state index in [0.29, 0.717) is 65.6 Å². The summed E-state index contributed by atoms with van der Waals surface area (Å²) in [5, 5.41) is 6.39. The van der Waals surface area contributed by atoms with Crippen LogP contribution in [0.3, 0.4) is 0 Å². The first kappa shape index (κ1) is 54.8. The van der Waals surface area contributed by atoms with E-state index in [1.54, 1.807) is 60.7 Å². The fraction of sp³-hybridized carbons (Fsp3) is 0.0962. The Bertz CT molecular complexity index is 3760. The maximum Gasteiger partial charge on any atom is 0.347 e. The van der Waals surface area contributed by atoms with Crippen molar-refractivity contribution >= 4 is 129 Å². The van der Waals surface area contributed by atoms with Crippen molar-refractivity contribution in [3.8, 4) is 22.5 Å². The Balaban J connectivity index is 0.000000163. The normalized spacial score (nSPS) is 10.5. The molecule has 0 saturated heterocycles. The number of Topliss-reactive ketones (excluding diaryl/α,β-unsaturated/α-hetero) is 1. The predicted molar refractivity (Wildman–Crippen MR) is 293 cm³/mol. The zero-order chi connectivity index (χ0) is 53.1. The number of nitrogens with one attached hydrogen (secondary N) is 1. The summed E-state index contributed by atoms with van der Waals surface area (Å²) in [6.45, 7) is 8.23. The summed E-state index contributed by atoms with van der Waals surface area (Å²) in [4.78, 5) is 64.3. The average molecular weight is 1180 g/mol. The molecular weight excluding hydrogens is 1130 g/mol. The van der Waals surface area contributed by atoms with E-state index in [1.807, 2.05) is 32.0 Å². The van der Waals surface area contributed by atoms with Gasteiger partial charge >= 0.3 is 22.9 Å². The number of alkyl halides is 1. The van der Waals surface area contributed by atoms with Gasteiger partial charge in [0, 0.05) is 26.3 Å². The quantitative estimate of drug-likeness (QED) is 0.0685. The number of aryl methyl sites for hydroxylation is 4. The van der Waals surface area contributed by atoms with E-state index in [0.717, 1.165) is 22.2 Å². The Morgan fingerprint density at radius 1 is 0.589 bits per heavy atom. The largest absolute Gasteiger partial charge is 0.432 e. The molecule has 21 heteroatoms. The number of nitrogens with zero attached hydrogens (tertiary/aromatic N) is 2. The van der Waals surface area contributed by atoms with Crippen LogP contribution in [0.1, 0.15) is 32.6 Å². The Kier molecular flexibility index (Phi) is 18.6. The van der Waals surface area contributed by atoms with Crippen LogP contribution in [-0.2, 0) is 0 Å². The van der Waals surface area contributed by atoms with Crippen LogP contribution in [0.5, 0.6) is 0 Å². The van der Waals surface area contributed by atoms with Gasteiger partial charge in [-0.2, -0.15) is 9.97 Å². The van der Waals surface area contributed by atoms with Gasteiger partial charge in [-0.05, 0) is 111 Å². The third-order valence-corrected chi connectivity index (χ3v) is 11.7. The van der Waals surface area contributed by atoms with Gasteiger partial charge in [0.25, 0.3) is 12.0 Å². The third kappa shape index (κ3) is 14.8. The Morgan fingerprint density at radius 3 is 1.42 bits per heavy atom. The molecule has 0 bridgehead atoms.